The van der Waals surface area contributed by atoms with E-state index in [4.69, 9.17) is 0 Å². The van der Waals surface area contributed by atoms with Crippen LogP contribution in [0.1, 0.15) is 24.0 Å². The van der Waals surface area contributed by atoms with Gasteiger partial charge in [0, 0.05) is 0 Å². The number of halogens is 7. The third-order valence-corrected chi connectivity index (χ3v) is 8.81. The van der Waals surface area contributed by atoms with Crippen LogP contribution in [0.2, 0.25) is 0 Å². The Morgan fingerprint density at radius 3 is 1.73 bits per heavy atom. The van der Waals surface area contributed by atoms with E-state index < -0.39 is 43.9 Å². The summed E-state index contributed by atoms with van der Waals surface area (Å²) >= 11 is -1.26. The van der Waals surface area contributed by atoms with Gasteiger partial charge in [-0.2, -0.15) is 0 Å². The quantitative estimate of drug-likeness (QED) is 0.169. The van der Waals surface area contributed by atoms with Crippen LogP contribution in [0, 0.1) is 0 Å². The molecule has 0 radical (unpaired) electrons. The van der Waals surface area contributed by atoms with Gasteiger partial charge >= 0.3 is 129 Å². The summed E-state index contributed by atoms with van der Waals surface area (Å²) in [5.74, 6) is -0.0448. The molecule has 0 bridgehead atoms. The fourth-order valence-electron chi connectivity index (χ4n) is 2.30. The Kier molecular flexibility index (Phi) is 3.32. The van der Waals surface area contributed by atoms with Crippen molar-refractivity contribution >= 4 is 20.4 Å². The van der Waals surface area contributed by atoms with Crippen molar-refractivity contribution in [3.63, 3.8) is 0 Å². The van der Waals surface area contributed by atoms with Crippen LogP contribution in [-0.4, -0.2) is 21.1 Å². The van der Waals surface area contributed by atoms with Crippen molar-refractivity contribution < 1.29 is 31.4 Å². The molecular weight excluding hydrogens is 429 g/mol. The third-order valence-electron chi connectivity index (χ3n) is 3.94. The minimum absolute atomic E-state index is 0.0448. The van der Waals surface area contributed by atoms with E-state index in [9.17, 15) is 31.4 Å². The maximum absolute atomic E-state index is 12.8. The predicted molar refractivity (Wildman–Crippen MR) is 73.9 cm³/mol. The van der Waals surface area contributed by atoms with E-state index in [-0.39, 0.29) is 9.59 Å². The molecule has 1 unspecified atom stereocenters. The van der Waals surface area contributed by atoms with E-state index in [1.807, 2.05) is 6.92 Å². The number of hydrogen-bond donors (Lipinski definition) is 3. The van der Waals surface area contributed by atoms with Gasteiger partial charge in [-0.25, -0.2) is 0 Å². The van der Waals surface area contributed by atoms with Crippen molar-refractivity contribution in [2.45, 2.75) is 34.5 Å². The van der Waals surface area contributed by atoms with Gasteiger partial charge in [0.1, 0.15) is 0 Å². The molecule has 2 aliphatic heterocycles. The van der Waals surface area contributed by atoms with Gasteiger partial charge in [0.25, 0.3) is 0 Å². The van der Waals surface area contributed by atoms with Crippen LogP contribution in [0.25, 0.3) is 0 Å². The van der Waals surface area contributed by atoms with Crippen molar-refractivity contribution in [3.8, 4) is 0 Å². The molecule has 0 aromatic heterocycles. The van der Waals surface area contributed by atoms with Gasteiger partial charge in [0.05, 0.1) is 0 Å². The molecule has 0 spiro atoms. The molecule has 3 rings (SSSR count). The Hall–Kier alpha value is -0.590. The first-order valence-electron chi connectivity index (χ1n) is 6.15. The van der Waals surface area contributed by atoms with Crippen molar-refractivity contribution in [2.75, 3.05) is 0 Å². The Labute approximate surface area is 129 Å². The first-order chi connectivity index (χ1) is 9.93. The Morgan fingerprint density at radius 2 is 1.41 bits per heavy atom. The average Bonchev–Trinajstić information content (AvgIpc) is 3.23. The first-order valence-corrected chi connectivity index (χ1v) is 9.39. The van der Waals surface area contributed by atoms with Crippen LogP contribution in [0.4, 0.5) is 26.3 Å². The molecule has 3 nitrogen and oxygen atoms in total. The summed E-state index contributed by atoms with van der Waals surface area (Å²) in [6.07, 6.45) is -11.7. The van der Waals surface area contributed by atoms with E-state index in [0.717, 1.165) is 0 Å². The fourth-order valence-corrected chi connectivity index (χ4v) is 7.26. The van der Waals surface area contributed by atoms with Gasteiger partial charge in [0.2, 0.25) is 0 Å². The van der Waals surface area contributed by atoms with Gasteiger partial charge in [-0.1, -0.05) is 0 Å². The minimum atomic E-state index is -5.86. The maximum atomic E-state index is 12.8. The van der Waals surface area contributed by atoms with Crippen molar-refractivity contribution in [1.29, 1.82) is 0 Å². The van der Waals surface area contributed by atoms with Crippen molar-refractivity contribution in [3.05, 3.63) is 35.4 Å². The number of hydrogen-bond acceptors (Lipinski definition) is 3. The monoisotopic (exact) mass is 440 g/mol. The van der Waals surface area contributed by atoms with Gasteiger partial charge in [-0.15, -0.1) is 0 Å². The zero-order valence-electron chi connectivity index (χ0n) is 11.0. The van der Waals surface area contributed by atoms with Gasteiger partial charge in [-0.05, 0) is 0 Å². The molecule has 3 N–H and O–H groups in total. The average molecular weight is 440 g/mol. The topological polar surface area (TPSA) is 64.1 Å². The van der Waals surface area contributed by atoms with Crippen LogP contribution in [-0.2, 0) is 5.60 Å². The molecule has 1 atom stereocenters. The van der Waals surface area contributed by atoms with Crippen LogP contribution in [0.3, 0.4) is 0 Å². The normalized spacial score (nSPS) is 23.0. The molecule has 10 heteroatoms. The van der Waals surface area contributed by atoms with E-state index in [1.54, 1.807) is 0 Å². The fraction of sp³-hybridized carbons (Fsp3) is 0.500. The molecular formula is C12H11F6IN2O. The Bertz CT molecular complexity index is 579. The van der Waals surface area contributed by atoms with E-state index in [1.165, 1.54) is 12.1 Å². The number of nitrogens with one attached hydrogen (secondary N) is 2. The van der Waals surface area contributed by atoms with E-state index in [0.29, 0.717) is 17.7 Å². The Morgan fingerprint density at radius 1 is 1.00 bits per heavy atom. The Balaban J connectivity index is 1.93. The number of aliphatic hydroxyl groups is 1. The number of fused-ring (bicyclic) bond motifs is 1. The molecule has 2 fully saturated rings. The van der Waals surface area contributed by atoms with Crippen molar-refractivity contribution in [1.82, 2.24) is 7.06 Å². The van der Waals surface area contributed by atoms with Gasteiger partial charge in [0.15, 0.2) is 0 Å². The molecule has 0 aliphatic carbocycles. The van der Waals surface area contributed by atoms with Crippen LogP contribution in [0.5, 0.6) is 0 Å². The van der Waals surface area contributed by atoms with Gasteiger partial charge < -0.3 is 0 Å². The van der Waals surface area contributed by atoms with Crippen molar-refractivity contribution in [2.24, 2.45) is 0 Å². The summed E-state index contributed by atoms with van der Waals surface area (Å²) in [5, 5.41) is 9.30. The summed E-state index contributed by atoms with van der Waals surface area (Å²) in [6.45, 7) is 1.85. The van der Waals surface area contributed by atoms with Gasteiger partial charge in [-0.3, -0.25) is 0 Å². The standard InChI is InChI=1S/C12H11F6IN2O/c1-6(10-19(20-10)21-10)7-2-4-8(5-3-7)9(22,11(13,14)15)12(16,17)18/h2-6,20-22H,1H3. The summed E-state index contributed by atoms with van der Waals surface area (Å²) in [4.78, 5) is 0. The number of benzene rings is 1. The zero-order chi connectivity index (χ0) is 16.6. The first kappa shape index (κ1) is 16.3. The summed E-state index contributed by atoms with van der Waals surface area (Å²) in [7, 11) is 0. The van der Waals surface area contributed by atoms with Crippen LogP contribution < -0.4 is 7.06 Å². The van der Waals surface area contributed by atoms with Crippen LogP contribution in [0.15, 0.2) is 24.3 Å². The van der Waals surface area contributed by atoms with E-state index >= 15 is 0 Å². The number of alkyl halides is 7. The van der Waals surface area contributed by atoms with Crippen LogP contribution >= 0.6 is 20.4 Å². The molecule has 22 heavy (non-hydrogen) atoms. The summed E-state index contributed by atoms with van der Waals surface area (Å²) in [6, 6.07) is 3.77. The number of rotatable bonds is 3. The summed E-state index contributed by atoms with van der Waals surface area (Å²) in [5.41, 5.74) is -5.48. The zero-order valence-corrected chi connectivity index (χ0v) is 13.1. The molecule has 124 valence electrons. The second kappa shape index (κ2) is 4.48. The predicted octanol–water partition coefficient (Wildman–Crippen LogP) is 3.30. The summed E-state index contributed by atoms with van der Waals surface area (Å²) < 4.78 is 82.9. The molecule has 1 aromatic carbocycles. The molecule has 2 saturated heterocycles. The second-order valence-corrected chi connectivity index (χ2v) is 9.63. The molecule has 0 saturated carbocycles. The molecule has 0 amide bonds. The molecule has 1 aromatic rings. The third kappa shape index (κ3) is 2.14. The SMILES string of the molecule is CC(c1ccc(C(O)(C(F)(F)F)C(F)(F)F)cc1)C12NI1N2. The molecule has 2 heterocycles. The second-order valence-electron chi connectivity index (χ2n) is 5.23. The van der Waals surface area contributed by atoms with E-state index in [2.05, 4.69) is 7.06 Å². The molecule has 2 aliphatic rings.